The number of thioether (sulfide) groups is 1. The summed E-state index contributed by atoms with van der Waals surface area (Å²) in [6.45, 7) is 5.82. The molecule has 0 saturated carbocycles. The van der Waals surface area contributed by atoms with Crippen LogP contribution >= 0.6 is 11.8 Å². The van der Waals surface area contributed by atoms with E-state index in [-0.39, 0.29) is 12.1 Å². The van der Waals surface area contributed by atoms with Crippen LogP contribution in [0.5, 0.6) is 0 Å². The Morgan fingerprint density at radius 1 is 1.41 bits per heavy atom. The zero-order valence-electron chi connectivity index (χ0n) is 13.4. The second-order valence-corrected chi connectivity index (χ2v) is 7.02. The van der Waals surface area contributed by atoms with E-state index in [4.69, 9.17) is 4.74 Å². The predicted octanol–water partition coefficient (Wildman–Crippen LogP) is 4.02. The summed E-state index contributed by atoms with van der Waals surface area (Å²) in [5.74, 6) is 0.979. The van der Waals surface area contributed by atoms with Crippen molar-refractivity contribution in [2.45, 2.75) is 50.2 Å². The Kier molecular flexibility index (Phi) is 7.06. The van der Waals surface area contributed by atoms with Crippen LogP contribution in [0.15, 0.2) is 24.3 Å². The van der Waals surface area contributed by atoms with Gasteiger partial charge in [0.05, 0.1) is 0 Å². The van der Waals surface area contributed by atoms with Gasteiger partial charge in [0.15, 0.2) is 0 Å². The van der Waals surface area contributed by atoms with E-state index in [1.54, 1.807) is 0 Å². The molecule has 0 unspecified atom stereocenters. The normalized spacial score (nSPS) is 17.0. The Morgan fingerprint density at radius 3 is 2.91 bits per heavy atom. The molecule has 1 fully saturated rings. The van der Waals surface area contributed by atoms with E-state index in [1.807, 2.05) is 30.8 Å². The fourth-order valence-electron chi connectivity index (χ4n) is 2.29. The topological polar surface area (TPSA) is 50.4 Å². The smallest absolute Gasteiger partial charge is 0.319 e. The highest BCUT2D eigenvalue weighted by atomic mass is 32.2. The molecule has 2 N–H and O–H groups in total. The molecule has 0 spiro atoms. The Labute approximate surface area is 137 Å². The van der Waals surface area contributed by atoms with Crippen LogP contribution in [-0.4, -0.2) is 30.5 Å². The van der Waals surface area contributed by atoms with Crippen molar-refractivity contribution in [2.24, 2.45) is 0 Å². The molecule has 2 rings (SSSR count). The third-order valence-electron chi connectivity index (χ3n) is 3.83. The van der Waals surface area contributed by atoms with Gasteiger partial charge in [-0.2, -0.15) is 11.8 Å². The number of amides is 2. The lowest BCUT2D eigenvalue weighted by molar-refractivity contribution is 0.1000. The first-order valence-electron chi connectivity index (χ1n) is 8.03. The third kappa shape index (κ3) is 5.89. The van der Waals surface area contributed by atoms with E-state index in [1.165, 1.54) is 5.56 Å². The maximum Gasteiger partial charge on any atom is 0.319 e. The van der Waals surface area contributed by atoms with Crippen LogP contribution in [0.2, 0.25) is 0 Å². The van der Waals surface area contributed by atoms with Gasteiger partial charge >= 0.3 is 6.03 Å². The molecule has 2 amide bonds. The molecule has 1 atom stereocenters. The van der Waals surface area contributed by atoms with Gasteiger partial charge in [-0.05, 0) is 43.9 Å². The number of urea groups is 1. The number of hydrogen-bond acceptors (Lipinski definition) is 3. The fourth-order valence-corrected chi connectivity index (χ4v) is 3.42. The molecule has 1 aliphatic rings. The van der Waals surface area contributed by atoms with Gasteiger partial charge in [-0.1, -0.05) is 19.1 Å². The summed E-state index contributed by atoms with van der Waals surface area (Å²) in [6, 6.07) is 8.15. The Bertz CT molecular complexity index is 475. The van der Waals surface area contributed by atoms with E-state index >= 15 is 0 Å². The molecular formula is C17H26N2O2S. The van der Waals surface area contributed by atoms with E-state index in [0.717, 1.165) is 43.9 Å². The van der Waals surface area contributed by atoms with Crippen molar-refractivity contribution in [1.29, 1.82) is 0 Å². The number of nitrogens with one attached hydrogen (secondary N) is 2. The molecule has 0 aromatic heterocycles. The molecule has 22 heavy (non-hydrogen) atoms. The van der Waals surface area contributed by atoms with Crippen molar-refractivity contribution < 1.29 is 9.53 Å². The molecule has 122 valence electrons. The van der Waals surface area contributed by atoms with Crippen LogP contribution in [0.4, 0.5) is 10.5 Å². The lowest BCUT2D eigenvalue weighted by Crippen LogP contribution is -2.35. The van der Waals surface area contributed by atoms with Gasteiger partial charge in [0.25, 0.3) is 0 Å². The second-order valence-electron chi connectivity index (χ2n) is 5.73. The van der Waals surface area contributed by atoms with Gasteiger partial charge in [-0.15, -0.1) is 0 Å². The summed E-state index contributed by atoms with van der Waals surface area (Å²) < 4.78 is 5.39. The Hall–Kier alpha value is -1.20. The van der Waals surface area contributed by atoms with E-state index in [2.05, 4.69) is 29.7 Å². The molecule has 1 saturated heterocycles. The van der Waals surface area contributed by atoms with Gasteiger partial charge in [0, 0.05) is 35.9 Å². The number of ether oxygens (including phenoxy) is 1. The molecular weight excluding hydrogens is 296 g/mol. The summed E-state index contributed by atoms with van der Waals surface area (Å²) in [5, 5.41) is 6.51. The maximum absolute atomic E-state index is 11.9. The zero-order chi connectivity index (χ0) is 15.8. The minimum Gasteiger partial charge on any atom is -0.381 e. The highest BCUT2D eigenvalue weighted by molar-refractivity contribution is 7.99. The SMILES string of the molecule is CC[C@@H](C)NC(=O)Nc1cccc(CSC2CCOCC2)c1. The number of rotatable bonds is 6. The largest absolute Gasteiger partial charge is 0.381 e. The van der Waals surface area contributed by atoms with E-state index in [0.29, 0.717) is 5.25 Å². The van der Waals surface area contributed by atoms with Gasteiger partial charge in [0.2, 0.25) is 0 Å². The minimum absolute atomic E-state index is 0.136. The maximum atomic E-state index is 11.9. The zero-order valence-corrected chi connectivity index (χ0v) is 14.2. The fraction of sp³-hybridized carbons (Fsp3) is 0.588. The van der Waals surface area contributed by atoms with Crippen LogP contribution in [0, 0.1) is 0 Å². The number of anilines is 1. The molecule has 0 bridgehead atoms. The molecule has 1 aromatic carbocycles. The lowest BCUT2D eigenvalue weighted by atomic mass is 10.2. The average molecular weight is 322 g/mol. The summed E-state index contributed by atoms with van der Waals surface area (Å²) in [7, 11) is 0. The predicted molar refractivity (Wildman–Crippen MR) is 93.5 cm³/mol. The van der Waals surface area contributed by atoms with Crippen LogP contribution in [-0.2, 0) is 10.5 Å². The van der Waals surface area contributed by atoms with Crippen LogP contribution < -0.4 is 10.6 Å². The first-order valence-corrected chi connectivity index (χ1v) is 9.08. The summed E-state index contributed by atoms with van der Waals surface area (Å²) >= 11 is 1.98. The molecule has 5 heteroatoms. The standard InChI is InChI=1S/C17H26N2O2S/c1-3-13(2)18-17(20)19-15-6-4-5-14(11-15)12-22-16-7-9-21-10-8-16/h4-6,11,13,16H,3,7-10,12H2,1-2H3,(H2,18,19,20)/t13-/m1/s1. The van der Waals surface area contributed by atoms with Crippen LogP contribution in [0.3, 0.4) is 0 Å². The second kappa shape index (κ2) is 9.06. The number of hydrogen-bond donors (Lipinski definition) is 2. The quantitative estimate of drug-likeness (QED) is 0.831. The molecule has 1 aliphatic heterocycles. The van der Waals surface area contributed by atoms with Crippen molar-refractivity contribution >= 4 is 23.5 Å². The van der Waals surface area contributed by atoms with Crippen molar-refractivity contribution in [3.8, 4) is 0 Å². The summed E-state index contributed by atoms with van der Waals surface area (Å²) in [6.07, 6.45) is 3.20. The van der Waals surface area contributed by atoms with Crippen LogP contribution in [0.25, 0.3) is 0 Å². The molecule has 4 nitrogen and oxygen atoms in total. The Balaban J connectivity index is 1.82. The lowest BCUT2D eigenvalue weighted by Gasteiger charge is -2.21. The molecule has 1 heterocycles. The summed E-state index contributed by atoms with van der Waals surface area (Å²) in [5.41, 5.74) is 2.10. The van der Waals surface area contributed by atoms with Gasteiger partial charge in [0.1, 0.15) is 0 Å². The van der Waals surface area contributed by atoms with Crippen molar-refractivity contribution in [1.82, 2.24) is 5.32 Å². The molecule has 0 aliphatic carbocycles. The van der Waals surface area contributed by atoms with Gasteiger partial charge < -0.3 is 15.4 Å². The highest BCUT2D eigenvalue weighted by Crippen LogP contribution is 2.26. The highest BCUT2D eigenvalue weighted by Gasteiger charge is 2.14. The third-order valence-corrected chi connectivity index (χ3v) is 5.27. The summed E-state index contributed by atoms with van der Waals surface area (Å²) in [4.78, 5) is 11.9. The van der Waals surface area contributed by atoms with Crippen molar-refractivity contribution in [2.75, 3.05) is 18.5 Å². The van der Waals surface area contributed by atoms with Crippen molar-refractivity contribution in [3.63, 3.8) is 0 Å². The van der Waals surface area contributed by atoms with Crippen LogP contribution in [0.1, 0.15) is 38.7 Å². The number of carbonyl (C=O) groups is 1. The minimum atomic E-state index is -0.136. The van der Waals surface area contributed by atoms with Gasteiger partial charge in [-0.3, -0.25) is 0 Å². The first kappa shape index (κ1) is 17.2. The van der Waals surface area contributed by atoms with Crippen molar-refractivity contribution in [3.05, 3.63) is 29.8 Å². The molecule has 1 aromatic rings. The Morgan fingerprint density at radius 2 is 2.18 bits per heavy atom. The average Bonchev–Trinajstić information content (AvgIpc) is 2.54. The first-order chi connectivity index (χ1) is 10.7. The number of carbonyl (C=O) groups excluding carboxylic acids is 1. The monoisotopic (exact) mass is 322 g/mol. The number of benzene rings is 1. The molecule has 0 radical (unpaired) electrons. The van der Waals surface area contributed by atoms with Gasteiger partial charge in [-0.25, -0.2) is 4.79 Å². The van der Waals surface area contributed by atoms with E-state index < -0.39 is 0 Å². The van der Waals surface area contributed by atoms with E-state index in [9.17, 15) is 4.79 Å².